The van der Waals surface area contributed by atoms with Gasteiger partial charge < -0.3 is 19.6 Å². The Morgan fingerprint density at radius 1 is 1.32 bits per heavy atom. The van der Waals surface area contributed by atoms with Crippen LogP contribution in [0.4, 0.5) is 4.39 Å². The molecular weight excluding hydrogens is 399 g/mol. The molecule has 4 rings (SSSR count). The third-order valence-corrected chi connectivity index (χ3v) is 5.17. The average molecular weight is 424 g/mol. The summed E-state index contributed by atoms with van der Waals surface area (Å²) in [6.45, 7) is 1.57. The molecule has 1 aliphatic rings. The molecule has 8 nitrogen and oxygen atoms in total. The van der Waals surface area contributed by atoms with E-state index in [1.54, 1.807) is 0 Å². The molecule has 0 bridgehead atoms. The number of aromatic amines is 1. The van der Waals surface area contributed by atoms with Crippen LogP contribution in [0.5, 0.6) is 0 Å². The third kappa shape index (κ3) is 5.43. The van der Waals surface area contributed by atoms with E-state index >= 15 is 0 Å². The van der Waals surface area contributed by atoms with Crippen LogP contribution < -0.4 is 5.32 Å². The summed E-state index contributed by atoms with van der Waals surface area (Å²) in [5.41, 5.74) is 2.62. The summed E-state index contributed by atoms with van der Waals surface area (Å²) >= 11 is 0. The second-order valence-electron chi connectivity index (χ2n) is 7.53. The number of nitrogens with zero attached hydrogens (tertiary/aromatic N) is 4. The Balaban J connectivity index is 1.21. The second kappa shape index (κ2) is 9.65. The van der Waals surface area contributed by atoms with Gasteiger partial charge in [0, 0.05) is 37.8 Å². The highest BCUT2D eigenvalue weighted by Crippen LogP contribution is 2.16. The summed E-state index contributed by atoms with van der Waals surface area (Å²) in [5.74, 6) is 0.601. The van der Waals surface area contributed by atoms with Crippen molar-refractivity contribution in [2.24, 2.45) is 0 Å². The predicted octanol–water partition coefficient (Wildman–Crippen LogP) is 2.54. The minimum atomic E-state index is -0.460. The summed E-state index contributed by atoms with van der Waals surface area (Å²) < 4.78 is 19.0. The number of aryl methyl sites for hydroxylation is 1. The number of allylic oxidation sites excluding steroid dienone is 1. The topological polar surface area (TPSA) is 99.9 Å². The zero-order chi connectivity index (χ0) is 21.6. The van der Waals surface area contributed by atoms with Crippen LogP contribution in [0.1, 0.15) is 45.7 Å². The fourth-order valence-corrected chi connectivity index (χ4v) is 3.38. The van der Waals surface area contributed by atoms with Crippen molar-refractivity contribution >= 4 is 12.0 Å². The van der Waals surface area contributed by atoms with Crippen molar-refractivity contribution in [1.82, 2.24) is 30.2 Å². The normalized spacial score (nSPS) is 12.9. The highest BCUT2D eigenvalue weighted by Gasteiger charge is 2.14. The Morgan fingerprint density at radius 3 is 3.03 bits per heavy atom. The van der Waals surface area contributed by atoms with Gasteiger partial charge in [0.1, 0.15) is 17.9 Å². The summed E-state index contributed by atoms with van der Waals surface area (Å²) in [4.78, 5) is 30.6. The molecule has 3 aromatic heterocycles. The van der Waals surface area contributed by atoms with Crippen LogP contribution in [0.2, 0.25) is 0 Å². The van der Waals surface area contributed by atoms with Gasteiger partial charge >= 0.3 is 0 Å². The van der Waals surface area contributed by atoms with Gasteiger partial charge in [0.15, 0.2) is 11.6 Å². The minimum absolute atomic E-state index is 0.0115. The van der Waals surface area contributed by atoms with E-state index in [4.69, 9.17) is 4.42 Å². The summed E-state index contributed by atoms with van der Waals surface area (Å²) in [5, 5.41) is 2.60. The molecule has 0 atom stereocenters. The first-order valence-electron chi connectivity index (χ1n) is 10.3. The molecule has 1 aliphatic carbocycles. The quantitative estimate of drug-likeness (QED) is 0.548. The van der Waals surface area contributed by atoms with Gasteiger partial charge in [-0.15, -0.1) is 0 Å². The van der Waals surface area contributed by atoms with Gasteiger partial charge in [-0.1, -0.05) is 6.08 Å². The maximum absolute atomic E-state index is 13.6. The number of carbonyl (C=O) groups is 1. The SMILES string of the molecule is CN(CCc1nc2c([nH]1)CCC=C2)CCc1nc(C(=O)NCc2ncccc2F)co1. The molecule has 0 aromatic carbocycles. The zero-order valence-corrected chi connectivity index (χ0v) is 17.4. The lowest BCUT2D eigenvalue weighted by molar-refractivity contribution is 0.0945. The number of carbonyl (C=O) groups excluding carboxylic acids is 1. The third-order valence-electron chi connectivity index (χ3n) is 5.17. The van der Waals surface area contributed by atoms with E-state index in [2.05, 4.69) is 42.3 Å². The molecule has 0 radical (unpaired) electrons. The van der Waals surface area contributed by atoms with Gasteiger partial charge in [-0.3, -0.25) is 9.78 Å². The molecule has 31 heavy (non-hydrogen) atoms. The number of hydrogen-bond acceptors (Lipinski definition) is 6. The monoisotopic (exact) mass is 424 g/mol. The number of hydrogen-bond donors (Lipinski definition) is 2. The van der Waals surface area contributed by atoms with Gasteiger partial charge in [-0.25, -0.2) is 14.4 Å². The summed E-state index contributed by atoms with van der Waals surface area (Å²) in [7, 11) is 2.03. The number of likely N-dealkylation sites (N-methyl/N-ethyl adjacent to an activating group) is 1. The summed E-state index contributed by atoms with van der Waals surface area (Å²) in [6, 6.07) is 2.80. The first kappa shape index (κ1) is 20.9. The van der Waals surface area contributed by atoms with Crippen molar-refractivity contribution in [3.05, 3.63) is 71.0 Å². The van der Waals surface area contributed by atoms with Crippen LogP contribution in [-0.4, -0.2) is 50.9 Å². The van der Waals surface area contributed by atoms with E-state index in [1.807, 2.05) is 7.05 Å². The Morgan fingerprint density at radius 2 is 2.19 bits per heavy atom. The van der Waals surface area contributed by atoms with Crippen LogP contribution in [0.3, 0.4) is 0 Å². The van der Waals surface area contributed by atoms with Crippen molar-refractivity contribution in [2.45, 2.75) is 32.2 Å². The lowest BCUT2D eigenvalue weighted by Gasteiger charge is -2.14. The molecule has 0 saturated carbocycles. The smallest absolute Gasteiger partial charge is 0.273 e. The largest absolute Gasteiger partial charge is 0.448 e. The van der Waals surface area contributed by atoms with Gasteiger partial charge in [0.2, 0.25) is 0 Å². The zero-order valence-electron chi connectivity index (χ0n) is 17.4. The van der Waals surface area contributed by atoms with Gasteiger partial charge in [0.25, 0.3) is 5.91 Å². The fourth-order valence-electron chi connectivity index (χ4n) is 3.38. The van der Waals surface area contributed by atoms with Crippen molar-refractivity contribution < 1.29 is 13.6 Å². The molecule has 0 fully saturated rings. The number of fused-ring (bicyclic) bond motifs is 1. The Kier molecular flexibility index (Phi) is 6.51. The van der Waals surface area contributed by atoms with Crippen LogP contribution in [0.25, 0.3) is 6.08 Å². The number of imidazole rings is 1. The average Bonchev–Trinajstić information content (AvgIpc) is 3.42. The van der Waals surface area contributed by atoms with Crippen molar-refractivity contribution in [2.75, 3.05) is 20.1 Å². The second-order valence-corrected chi connectivity index (χ2v) is 7.53. The molecule has 1 amide bonds. The van der Waals surface area contributed by atoms with E-state index in [-0.39, 0.29) is 17.9 Å². The van der Waals surface area contributed by atoms with Crippen LogP contribution in [0.15, 0.2) is 35.1 Å². The molecule has 9 heteroatoms. The van der Waals surface area contributed by atoms with Crippen molar-refractivity contribution in [3.8, 4) is 0 Å². The minimum Gasteiger partial charge on any atom is -0.448 e. The molecule has 3 heterocycles. The number of H-pyrrole nitrogens is 1. The highest BCUT2D eigenvalue weighted by molar-refractivity contribution is 5.91. The van der Waals surface area contributed by atoms with Crippen molar-refractivity contribution in [1.29, 1.82) is 0 Å². The van der Waals surface area contributed by atoms with Gasteiger partial charge in [0.05, 0.1) is 17.9 Å². The first-order valence-corrected chi connectivity index (χ1v) is 10.3. The Labute approximate surface area is 179 Å². The molecule has 3 aromatic rings. The highest BCUT2D eigenvalue weighted by atomic mass is 19.1. The number of rotatable bonds is 9. The number of nitrogens with one attached hydrogen (secondary N) is 2. The first-order chi connectivity index (χ1) is 15.1. The number of amides is 1. The number of pyridine rings is 1. The molecule has 0 aliphatic heterocycles. The lowest BCUT2D eigenvalue weighted by atomic mass is 10.1. The maximum atomic E-state index is 13.6. The number of oxazole rings is 1. The fraction of sp³-hybridized carbons (Fsp3) is 0.364. The van der Waals surface area contributed by atoms with Crippen LogP contribution in [0, 0.1) is 5.82 Å². The standard InChI is InChI=1S/C22H25FN6O2/c1-29(11-8-20-26-16-6-2-3-7-17(16)27-20)12-9-21-28-19(14-31-21)22(30)25-13-18-15(23)5-4-10-24-18/h2,4-6,10,14H,3,7-9,11-13H2,1H3,(H,25,30)(H,26,27). The van der Waals surface area contributed by atoms with E-state index in [0.717, 1.165) is 43.9 Å². The lowest BCUT2D eigenvalue weighted by Crippen LogP contribution is -2.25. The maximum Gasteiger partial charge on any atom is 0.273 e. The predicted molar refractivity (Wildman–Crippen MR) is 113 cm³/mol. The number of aromatic nitrogens is 4. The molecule has 0 unspecified atom stereocenters. The van der Waals surface area contributed by atoms with Gasteiger partial charge in [-0.2, -0.15) is 0 Å². The molecule has 0 saturated heterocycles. The van der Waals surface area contributed by atoms with Gasteiger partial charge in [-0.05, 0) is 38.1 Å². The van der Waals surface area contributed by atoms with E-state index in [0.29, 0.717) is 12.3 Å². The van der Waals surface area contributed by atoms with Crippen LogP contribution in [-0.2, 0) is 25.8 Å². The molecule has 162 valence electrons. The molecule has 2 N–H and O–H groups in total. The Hall–Kier alpha value is -3.33. The van der Waals surface area contributed by atoms with E-state index in [1.165, 1.54) is 30.3 Å². The molecular formula is C22H25FN6O2. The molecule has 0 spiro atoms. The van der Waals surface area contributed by atoms with E-state index < -0.39 is 11.7 Å². The van der Waals surface area contributed by atoms with E-state index in [9.17, 15) is 9.18 Å². The Bertz CT molecular complexity index is 1070. The summed E-state index contributed by atoms with van der Waals surface area (Å²) in [6.07, 6.45) is 10.5. The van der Waals surface area contributed by atoms with Crippen molar-refractivity contribution in [3.63, 3.8) is 0 Å². The number of halogens is 1. The van der Waals surface area contributed by atoms with Crippen LogP contribution >= 0.6 is 0 Å².